The first-order chi connectivity index (χ1) is 14.8. The highest BCUT2D eigenvalue weighted by atomic mass is 16.5. The Hall–Kier alpha value is -2.76. The van der Waals surface area contributed by atoms with Gasteiger partial charge in [-0.3, -0.25) is 4.79 Å². The fraction of sp³-hybridized carbons (Fsp3) is 0.520. The molecule has 31 heavy (non-hydrogen) atoms. The van der Waals surface area contributed by atoms with E-state index in [0.717, 1.165) is 17.8 Å². The van der Waals surface area contributed by atoms with Crippen molar-refractivity contribution < 1.29 is 24.5 Å². The van der Waals surface area contributed by atoms with Gasteiger partial charge in [0.2, 0.25) is 0 Å². The number of esters is 1. The summed E-state index contributed by atoms with van der Waals surface area (Å²) < 4.78 is 5.17. The minimum Gasteiger partial charge on any atom is -0.507 e. The summed E-state index contributed by atoms with van der Waals surface area (Å²) in [7, 11) is 0. The number of phenols is 2. The van der Waals surface area contributed by atoms with Gasteiger partial charge in [0.25, 0.3) is 5.91 Å². The molecular weight excluding hydrogens is 394 g/mol. The third-order valence-electron chi connectivity index (χ3n) is 7.93. The Kier molecular flexibility index (Phi) is 4.83. The van der Waals surface area contributed by atoms with E-state index in [0.29, 0.717) is 10.8 Å². The van der Waals surface area contributed by atoms with Gasteiger partial charge in [-0.1, -0.05) is 24.3 Å². The number of phenolic OH excluding ortho intramolecular Hbond substituents is 2. The molecule has 4 saturated carbocycles. The summed E-state index contributed by atoms with van der Waals surface area (Å²) in [5, 5.41) is 24.5. The van der Waals surface area contributed by atoms with E-state index in [2.05, 4.69) is 12.2 Å². The van der Waals surface area contributed by atoms with Crippen LogP contribution in [0.5, 0.6) is 11.5 Å². The molecule has 0 aliphatic heterocycles. The molecule has 4 bridgehead atoms. The lowest BCUT2D eigenvalue weighted by Gasteiger charge is -2.59. The third kappa shape index (κ3) is 3.52. The van der Waals surface area contributed by atoms with Crippen molar-refractivity contribution in [3.8, 4) is 11.5 Å². The number of rotatable bonds is 5. The van der Waals surface area contributed by atoms with E-state index in [9.17, 15) is 19.8 Å². The Balaban J connectivity index is 1.23. The monoisotopic (exact) mass is 423 g/mol. The number of hydrogen-bond acceptors (Lipinski definition) is 5. The summed E-state index contributed by atoms with van der Waals surface area (Å²) in [6.07, 6.45) is 7.60. The molecule has 164 valence electrons. The third-order valence-corrected chi connectivity index (χ3v) is 7.93. The fourth-order valence-corrected chi connectivity index (χ4v) is 6.85. The van der Waals surface area contributed by atoms with E-state index in [1.54, 1.807) is 24.3 Å². The molecule has 6 heteroatoms. The second-order valence-electron chi connectivity index (χ2n) is 9.98. The Morgan fingerprint density at radius 3 is 2.26 bits per heavy atom. The van der Waals surface area contributed by atoms with Crippen molar-refractivity contribution in [2.45, 2.75) is 51.5 Å². The smallest absolute Gasteiger partial charge is 0.342 e. The van der Waals surface area contributed by atoms with Crippen LogP contribution >= 0.6 is 0 Å². The Morgan fingerprint density at radius 1 is 1.06 bits per heavy atom. The SMILES string of the molecule is C[C@@H](NC(=O)COC(=O)c1cc(O)c2ccccc2c1O)C12CC3CC(CC(C3)C1)C2. The number of fused-ring (bicyclic) bond motifs is 1. The number of ether oxygens (including phenoxy) is 1. The molecule has 0 aromatic heterocycles. The molecule has 6 rings (SSSR count). The average molecular weight is 424 g/mol. The number of hydrogen-bond donors (Lipinski definition) is 3. The lowest BCUT2D eigenvalue weighted by molar-refractivity contribution is -0.128. The van der Waals surface area contributed by atoms with Crippen molar-refractivity contribution in [1.29, 1.82) is 0 Å². The molecule has 0 saturated heterocycles. The van der Waals surface area contributed by atoms with Crippen molar-refractivity contribution in [3.05, 3.63) is 35.9 Å². The molecule has 4 aliphatic carbocycles. The van der Waals surface area contributed by atoms with Gasteiger partial charge >= 0.3 is 5.97 Å². The summed E-state index contributed by atoms with van der Waals surface area (Å²) in [5.74, 6) is 0.837. The summed E-state index contributed by atoms with van der Waals surface area (Å²) in [6, 6.07) is 7.92. The maximum Gasteiger partial charge on any atom is 0.342 e. The first-order valence-electron chi connectivity index (χ1n) is 11.2. The van der Waals surface area contributed by atoms with Crippen LogP contribution < -0.4 is 5.32 Å². The zero-order chi connectivity index (χ0) is 21.8. The highest BCUT2D eigenvalue weighted by molar-refractivity contribution is 6.04. The van der Waals surface area contributed by atoms with Crippen LogP contribution in [0.1, 0.15) is 55.8 Å². The van der Waals surface area contributed by atoms with Gasteiger partial charge in [0.05, 0.1) is 0 Å². The summed E-state index contributed by atoms with van der Waals surface area (Å²) in [4.78, 5) is 25.0. The molecule has 4 fully saturated rings. The van der Waals surface area contributed by atoms with Gasteiger partial charge < -0.3 is 20.3 Å². The number of amides is 1. The van der Waals surface area contributed by atoms with Crippen molar-refractivity contribution in [2.75, 3.05) is 6.61 Å². The fourth-order valence-electron chi connectivity index (χ4n) is 6.85. The van der Waals surface area contributed by atoms with Crippen LogP contribution in [0.15, 0.2) is 30.3 Å². The van der Waals surface area contributed by atoms with Crippen molar-refractivity contribution in [2.24, 2.45) is 23.2 Å². The molecule has 2 aromatic carbocycles. The topological polar surface area (TPSA) is 95.9 Å². The molecule has 6 nitrogen and oxygen atoms in total. The minimum atomic E-state index is -0.837. The molecule has 4 aliphatic rings. The Bertz CT molecular complexity index is 1010. The first kappa shape index (κ1) is 20.2. The molecule has 0 spiro atoms. The molecule has 1 amide bonds. The lowest BCUT2D eigenvalue weighted by atomic mass is 9.48. The van der Waals surface area contributed by atoms with Gasteiger partial charge in [-0.2, -0.15) is 0 Å². The van der Waals surface area contributed by atoms with Crippen LogP contribution in [0.4, 0.5) is 0 Å². The zero-order valence-electron chi connectivity index (χ0n) is 17.8. The summed E-state index contributed by atoms with van der Waals surface area (Å²) >= 11 is 0. The number of aromatic hydroxyl groups is 2. The molecule has 0 unspecified atom stereocenters. The van der Waals surface area contributed by atoms with E-state index in [1.807, 2.05) is 0 Å². The van der Waals surface area contributed by atoms with Gasteiger partial charge in [0, 0.05) is 16.8 Å². The van der Waals surface area contributed by atoms with Crippen LogP contribution in [0, 0.1) is 23.2 Å². The van der Waals surface area contributed by atoms with Crippen LogP contribution in [0.25, 0.3) is 10.8 Å². The molecule has 0 radical (unpaired) electrons. The highest BCUT2D eigenvalue weighted by Crippen LogP contribution is 2.61. The summed E-state index contributed by atoms with van der Waals surface area (Å²) in [5.41, 5.74) is 0.0229. The maximum atomic E-state index is 12.5. The highest BCUT2D eigenvalue weighted by Gasteiger charge is 2.53. The van der Waals surface area contributed by atoms with Gasteiger partial charge in [0.1, 0.15) is 17.1 Å². The Morgan fingerprint density at radius 2 is 1.65 bits per heavy atom. The second-order valence-corrected chi connectivity index (χ2v) is 9.98. The molecule has 3 N–H and O–H groups in total. The second kappa shape index (κ2) is 7.43. The van der Waals surface area contributed by atoms with Gasteiger partial charge in [0.15, 0.2) is 6.61 Å². The molecular formula is C25H29NO5. The number of nitrogens with one attached hydrogen (secondary N) is 1. The van der Waals surface area contributed by atoms with Gasteiger partial charge in [-0.25, -0.2) is 4.79 Å². The standard InChI is InChI=1S/C25H29NO5/c1-14(25-10-15-6-16(11-25)8-17(7-15)12-25)26-22(28)13-31-24(30)20-9-21(27)18-4-2-3-5-19(18)23(20)29/h2-5,9,14-17,27,29H,6-8,10-13H2,1H3,(H,26,28)/t14-,15?,16?,17?,25?/m1/s1. The van der Waals surface area contributed by atoms with E-state index in [4.69, 9.17) is 4.74 Å². The normalized spacial score (nSPS) is 29.6. The van der Waals surface area contributed by atoms with Crippen molar-refractivity contribution in [3.63, 3.8) is 0 Å². The minimum absolute atomic E-state index is 0.0465. The van der Waals surface area contributed by atoms with E-state index >= 15 is 0 Å². The lowest BCUT2D eigenvalue weighted by Crippen LogP contribution is -2.56. The predicted octanol–water partition coefficient (Wildman–Crippen LogP) is 4.13. The zero-order valence-corrected chi connectivity index (χ0v) is 17.8. The molecule has 0 heterocycles. The molecule has 2 aromatic rings. The van der Waals surface area contributed by atoms with Crippen molar-refractivity contribution >= 4 is 22.6 Å². The van der Waals surface area contributed by atoms with Crippen molar-refractivity contribution in [1.82, 2.24) is 5.32 Å². The van der Waals surface area contributed by atoms with Crippen LogP contribution in [0.2, 0.25) is 0 Å². The summed E-state index contributed by atoms with van der Waals surface area (Å²) in [6.45, 7) is 1.67. The number of benzene rings is 2. The van der Waals surface area contributed by atoms with Gasteiger partial charge in [-0.05, 0) is 74.7 Å². The maximum absolute atomic E-state index is 12.5. The number of carbonyl (C=O) groups excluding carboxylic acids is 2. The van der Waals surface area contributed by atoms with E-state index in [-0.39, 0.29) is 34.4 Å². The van der Waals surface area contributed by atoms with Crippen LogP contribution in [0.3, 0.4) is 0 Å². The Labute approximate surface area is 181 Å². The van der Waals surface area contributed by atoms with E-state index < -0.39 is 12.6 Å². The van der Waals surface area contributed by atoms with Crippen LogP contribution in [-0.4, -0.2) is 34.7 Å². The quantitative estimate of drug-likeness (QED) is 0.496. The molecule has 1 atom stereocenters. The average Bonchev–Trinajstić information content (AvgIpc) is 2.73. The van der Waals surface area contributed by atoms with Gasteiger partial charge in [-0.15, -0.1) is 0 Å². The largest absolute Gasteiger partial charge is 0.507 e. The first-order valence-corrected chi connectivity index (χ1v) is 11.2. The van der Waals surface area contributed by atoms with Crippen LogP contribution in [-0.2, 0) is 9.53 Å². The number of carbonyl (C=O) groups is 2. The predicted molar refractivity (Wildman–Crippen MR) is 116 cm³/mol. The van der Waals surface area contributed by atoms with E-state index in [1.165, 1.54) is 44.6 Å².